The fraction of sp³-hybridized carbons (Fsp3) is 0.778. The van der Waals surface area contributed by atoms with E-state index in [0.29, 0.717) is 5.92 Å². The van der Waals surface area contributed by atoms with E-state index >= 15 is 0 Å². The van der Waals surface area contributed by atoms with Crippen LogP contribution in [0.1, 0.15) is 32.6 Å². The highest BCUT2D eigenvalue weighted by Gasteiger charge is 2.40. The molecule has 0 spiro atoms. The Morgan fingerprint density at radius 3 is 2.40 bits per heavy atom. The third-order valence-corrected chi connectivity index (χ3v) is 2.88. The Hall–Kier alpha value is -0.460. The lowest BCUT2D eigenvalue weighted by atomic mass is 9.76. The van der Waals surface area contributed by atoms with E-state index in [1.165, 1.54) is 25.7 Å². The quantitative estimate of drug-likeness (QED) is 0.499. The van der Waals surface area contributed by atoms with Gasteiger partial charge in [0.05, 0.1) is 5.76 Å². The molecule has 3 fully saturated rings. The van der Waals surface area contributed by atoms with E-state index < -0.39 is 0 Å². The third kappa shape index (κ3) is 0.764. The molecule has 0 radical (unpaired) electrons. The van der Waals surface area contributed by atoms with Gasteiger partial charge >= 0.3 is 0 Å². The Morgan fingerprint density at radius 1 is 1.50 bits per heavy atom. The molecule has 1 aliphatic carbocycles. The zero-order valence-electron chi connectivity index (χ0n) is 6.52. The summed E-state index contributed by atoms with van der Waals surface area (Å²) in [6.07, 6.45) is 5.07. The molecule has 2 bridgehead atoms. The zero-order valence-corrected chi connectivity index (χ0v) is 6.52. The number of allylic oxidation sites excluding steroid dienone is 1. The average molecular weight is 138 g/mol. The number of hydrogen-bond acceptors (Lipinski definition) is 1. The summed E-state index contributed by atoms with van der Waals surface area (Å²) in [6.45, 7) is 6.12. The predicted molar refractivity (Wildman–Crippen MR) is 40.6 cm³/mol. The van der Waals surface area contributed by atoms with Crippen molar-refractivity contribution < 1.29 is 4.74 Å². The van der Waals surface area contributed by atoms with Gasteiger partial charge in [0.25, 0.3) is 0 Å². The molecule has 1 heteroatoms. The first-order chi connectivity index (χ1) is 4.70. The molecule has 1 saturated carbocycles. The van der Waals surface area contributed by atoms with Crippen molar-refractivity contribution in [2.75, 3.05) is 0 Å². The van der Waals surface area contributed by atoms with Crippen LogP contribution in [0.15, 0.2) is 12.3 Å². The van der Waals surface area contributed by atoms with Gasteiger partial charge in [-0.1, -0.05) is 6.58 Å². The van der Waals surface area contributed by atoms with Gasteiger partial charge in [-0.3, -0.25) is 0 Å². The van der Waals surface area contributed by atoms with Gasteiger partial charge in [-0.25, -0.2) is 0 Å². The van der Waals surface area contributed by atoms with Crippen LogP contribution in [0.3, 0.4) is 0 Å². The van der Waals surface area contributed by atoms with Crippen molar-refractivity contribution in [1.29, 1.82) is 0 Å². The fourth-order valence-electron chi connectivity index (χ4n) is 2.05. The minimum atomic E-state index is 0.159. The summed E-state index contributed by atoms with van der Waals surface area (Å²) in [6, 6.07) is 0. The summed E-state index contributed by atoms with van der Waals surface area (Å²) >= 11 is 0. The van der Waals surface area contributed by atoms with Crippen LogP contribution in [-0.4, -0.2) is 5.60 Å². The van der Waals surface area contributed by atoms with Gasteiger partial charge in [0.1, 0.15) is 5.60 Å². The van der Waals surface area contributed by atoms with Crippen LogP contribution >= 0.6 is 0 Å². The molecular weight excluding hydrogens is 124 g/mol. The number of rotatable bonds is 0. The molecular formula is C9H14O. The van der Waals surface area contributed by atoms with Crippen molar-refractivity contribution in [1.82, 2.24) is 0 Å². The minimum absolute atomic E-state index is 0.159. The van der Waals surface area contributed by atoms with E-state index in [2.05, 4.69) is 13.5 Å². The first-order valence-corrected chi connectivity index (χ1v) is 4.07. The minimum Gasteiger partial charge on any atom is -0.492 e. The average Bonchev–Trinajstić information content (AvgIpc) is 1.87. The van der Waals surface area contributed by atoms with Crippen LogP contribution < -0.4 is 0 Å². The molecule has 0 aromatic carbocycles. The van der Waals surface area contributed by atoms with E-state index in [0.717, 1.165) is 5.76 Å². The molecule has 0 aromatic rings. The summed E-state index contributed by atoms with van der Waals surface area (Å²) in [4.78, 5) is 0. The highest BCUT2D eigenvalue weighted by molar-refractivity contribution is 5.04. The maximum atomic E-state index is 5.68. The van der Waals surface area contributed by atoms with Crippen LogP contribution in [-0.2, 0) is 4.74 Å². The predicted octanol–water partition coefficient (Wildman–Crippen LogP) is 2.48. The Kier molecular flexibility index (Phi) is 1.11. The molecule has 3 aliphatic rings. The molecule has 0 unspecified atom stereocenters. The van der Waals surface area contributed by atoms with Crippen LogP contribution in [0.25, 0.3) is 0 Å². The fourth-order valence-corrected chi connectivity index (χ4v) is 2.05. The standard InChI is InChI=1S/C9H14O/c1-7-8-3-5-9(2,10-7)6-4-8/h8H,1,3-6H2,2H3. The summed E-state index contributed by atoms with van der Waals surface area (Å²) in [5.74, 6) is 1.72. The number of fused-ring (bicyclic) bond motifs is 3. The van der Waals surface area contributed by atoms with E-state index in [1.54, 1.807) is 0 Å². The topological polar surface area (TPSA) is 9.23 Å². The normalized spacial score (nSPS) is 45.3. The van der Waals surface area contributed by atoms with Crippen LogP contribution in [0.4, 0.5) is 0 Å². The molecule has 0 amide bonds. The zero-order chi connectivity index (χ0) is 7.19. The van der Waals surface area contributed by atoms with Gasteiger partial charge in [-0.2, -0.15) is 0 Å². The second kappa shape index (κ2) is 1.77. The molecule has 3 rings (SSSR count). The Labute approximate surface area is 62.1 Å². The smallest absolute Gasteiger partial charge is 0.106 e. The Morgan fingerprint density at radius 2 is 2.10 bits per heavy atom. The molecule has 2 aliphatic heterocycles. The second-order valence-corrected chi connectivity index (χ2v) is 3.79. The lowest BCUT2D eigenvalue weighted by Gasteiger charge is -2.45. The van der Waals surface area contributed by atoms with Crippen molar-refractivity contribution in [2.45, 2.75) is 38.2 Å². The highest BCUT2D eigenvalue weighted by Crippen LogP contribution is 2.45. The summed E-state index contributed by atoms with van der Waals surface area (Å²) < 4.78 is 5.68. The molecule has 2 heterocycles. The monoisotopic (exact) mass is 138 g/mol. The summed E-state index contributed by atoms with van der Waals surface area (Å²) in [7, 11) is 0. The van der Waals surface area contributed by atoms with E-state index in [1.807, 2.05) is 0 Å². The molecule has 10 heavy (non-hydrogen) atoms. The van der Waals surface area contributed by atoms with E-state index in [9.17, 15) is 0 Å². The number of ether oxygens (including phenoxy) is 1. The number of hydrogen-bond donors (Lipinski definition) is 0. The van der Waals surface area contributed by atoms with E-state index in [-0.39, 0.29) is 5.60 Å². The van der Waals surface area contributed by atoms with Crippen molar-refractivity contribution in [3.63, 3.8) is 0 Å². The summed E-state index contributed by atoms with van der Waals surface area (Å²) in [5, 5.41) is 0. The van der Waals surface area contributed by atoms with Gasteiger partial charge in [-0.15, -0.1) is 0 Å². The SMILES string of the molecule is C=C1OC2(C)CCC1CC2. The van der Waals surface area contributed by atoms with Crippen molar-refractivity contribution in [2.24, 2.45) is 5.92 Å². The molecule has 0 aromatic heterocycles. The van der Waals surface area contributed by atoms with Crippen molar-refractivity contribution in [3.8, 4) is 0 Å². The molecule has 0 atom stereocenters. The Balaban J connectivity index is 2.22. The molecule has 1 nitrogen and oxygen atoms in total. The van der Waals surface area contributed by atoms with Crippen LogP contribution in [0.5, 0.6) is 0 Å². The van der Waals surface area contributed by atoms with Crippen LogP contribution in [0.2, 0.25) is 0 Å². The van der Waals surface area contributed by atoms with Gasteiger partial charge in [-0.05, 0) is 32.6 Å². The van der Waals surface area contributed by atoms with Crippen molar-refractivity contribution >= 4 is 0 Å². The first-order valence-electron chi connectivity index (χ1n) is 4.07. The maximum absolute atomic E-state index is 5.68. The molecule has 2 saturated heterocycles. The lowest BCUT2D eigenvalue weighted by molar-refractivity contribution is -0.0814. The maximum Gasteiger partial charge on any atom is 0.106 e. The van der Waals surface area contributed by atoms with Gasteiger partial charge < -0.3 is 4.74 Å². The Bertz CT molecular complexity index is 164. The van der Waals surface area contributed by atoms with E-state index in [4.69, 9.17) is 4.74 Å². The third-order valence-electron chi connectivity index (χ3n) is 2.88. The largest absolute Gasteiger partial charge is 0.492 e. The highest BCUT2D eigenvalue weighted by atomic mass is 16.5. The molecule has 56 valence electrons. The van der Waals surface area contributed by atoms with Crippen molar-refractivity contribution in [3.05, 3.63) is 12.3 Å². The lowest BCUT2D eigenvalue weighted by Crippen LogP contribution is -2.40. The second-order valence-electron chi connectivity index (χ2n) is 3.79. The van der Waals surface area contributed by atoms with Gasteiger partial charge in [0, 0.05) is 5.92 Å². The summed E-state index contributed by atoms with van der Waals surface area (Å²) in [5.41, 5.74) is 0.159. The van der Waals surface area contributed by atoms with Crippen LogP contribution in [0, 0.1) is 5.92 Å². The van der Waals surface area contributed by atoms with Gasteiger partial charge in [0.15, 0.2) is 0 Å². The molecule has 0 N–H and O–H groups in total. The first kappa shape index (κ1) is 6.26. The van der Waals surface area contributed by atoms with Gasteiger partial charge in [0.2, 0.25) is 0 Å².